The Morgan fingerprint density at radius 1 is 1.11 bits per heavy atom. The smallest absolute Gasteiger partial charge is 0.314 e. The number of hydrogen-bond acceptors (Lipinski definition) is 5. The molecule has 1 aliphatic heterocycles. The van der Waals surface area contributed by atoms with Crippen LogP contribution in [0.3, 0.4) is 0 Å². The SMILES string of the molecule is CN1C(=O)COc2ccc(NC(=O)C(=O)Nc3cnc4c(c3)CCC4)cc21. The molecule has 2 aromatic rings. The number of carbonyl (C=O) groups is 3. The fourth-order valence-electron chi connectivity index (χ4n) is 3.22. The summed E-state index contributed by atoms with van der Waals surface area (Å²) in [6.07, 6.45) is 4.50. The fourth-order valence-corrected chi connectivity index (χ4v) is 3.22. The van der Waals surface area contributed by atoms with Crippen molar-refractivity contribution in [3.05, 3.63) is 41.7 Å². The molecular formula is C19H18N4O4. The van der Waals surface area contributed by atoms with E-state index in [1.54, 1.807) is 31.4 Å². The highest BCUT2D eigenvalue weighted by molar-refractivity contribution is 6.43. The van der Waals surface area contributed by atoms with Gasteiger partial charge in [0.25, 0.3) is 5.91 Å². The summed E-state index contributed by atoms with van der Waals surface area (Å²) in [7, 11) is 1.63. The predicted octanol–water partition coefficient (Wildman–Crippen LogP) is 1.50. The first-order valence-electron chi connectivity index (χ1n) is 8.65. The van der Waals surface area contributed by atoms with Gasteiger partial charge >= 0.3 is 11.8 Å². The minimum Gasteiger partial charge on any atom is -0.482 e. The van der Waals surface area contributed by atoms with Crippen LogP contribution in [0.2, 0.25) is 0 Å². The Kier molecular flexibility index (Phi) is 4.23. The monoisotopic (exact) mass is 366 g/mol. The Labute approximate surface area is 155 Å². The van der Waals surface area contributed by atoms with Crippen LogP contribution >= 0.6 is 0 Å². The van der Waals surface area contributed by atoms with Crippen molar-refractivity contribution in [1.82, 2.24) is 4.98 Å². The number of aryl methyl sites for hydroxylation is 2. The molecule has 1 aromatic carbocycles. The number of rotatable bonds is 2. The van der Waals surface area contributed by atoms with Crippen LogP contribution in [0.1, 0.15) is 17.7 Å². The summed E-state index contributed by atoms with van der Waals surface area (Å²) in [5, 5.41) is 5.10. The molecule has 0 bridgehead atoms. The Hall–Kier alpha value is -3.42. The highest BCUT2D eigenvalue weighted by Gasteiger charge is 2.23. The molecule has 2 N–H and O–H groups in total. The van der Waals surface area contributed by atoms with Gasteiger partial charge in [0.05, 0.1) is 17.6 Å². The molecule has 1 aromatic heterocycles. The first-order valence-corrected chi connectivity index (χ1v) is 8.65. The van der Waals surface area contributed by atoms with Crippen molar-refractivity contribution < 1.29 is 19.1 Å². The van der Waals surface area contributed by atoms with Crippen LogP contribution in [0.15, 0.2) is 30.5 Å². The highest BCUT2D eigenvalue weighted by Crippen LogP contribution is 2.33. The number of hydrogen-bond donors (Lipinski definition) is 2. The van der Waals surface area contributed by atoms with Crippen molar-refractivity contribution in [3.63, 3.8) is 0 Å². The van der Waals surface area contributed by atoms with E-state index in [4.69, 9.17) is 4.74 Å². The summed E-state index contributed by atoms with van der Waals surface area (Å²) in [6.45, 7) is -0.0214. The average molecular weight is 366 g/mol. The molecule has 0 saturated carbocycles. The van der Waals surface area contributed by atoms with Crippen molar-refractivity contribution in [2.45, 2.75) is 19.3 Å². The standard InChI is InChI=1S/C19H18N4O4/c1-23-15-8-12(5-6-16(15)27-10-17(23)24)21-18(25)19(26)22-13-7-11-3-2-4-14(11)20-9-13/h5-9H,2-4,10H2,1H3,(H,21,25)(H,22,26). The lowest BCUT2D eigenvalue weighted by molar-refractivity contribution is -0.133. The van der Waals surface area contributed by atoms with E-state index in [0.717, 1.165) is 30.5 Å². The number of likely N-dealkylation sites (N-methyl/N-ethyl adjacent to an activating group) is 1. The topological polar surface area (TPSA) is 101 Å². The quantitative estimate of drug-likeness (QED) is 0.785. The first-order chi connectivity index (χ1) is 13.0. The fraction of sp³-hybridized carbons (Fsp3) is 0.263. The third kappa shape index (κ3) is 3.33. The summed E-state index contributed by atoms with van der Waals surface area (Å²) in [6, 6.07) is 6.71. The van der Waals surface area contributed by atoms with Gasteiger partial charge in [-0.15, -0.1) is 0 Å². The highest BCUT2D eigenvalue weighted by atomic mass is 16.5. The number of fused-ring (bicyclic) bond motifs is 2. The van der Waals surface area contributed by atoms with Crippen molar-refractivity contribution in [2.75, 3.05) is 29.2 Å². The van der Waals surface area contributed by atoms with Crippen LogP contribution in [0.25, 0.3) is 0 Å². The summed E-state index contributed by atoms with van der Waals surface area (Å²) < 4.78 is 5.34. The van der Waals surface area contributed by atoms with Gasteiger partial charge in [0.1, 0.15) is 5.75 Å². The van der Waals surface area contributed by atoms with Crippen LogP contribution in [-0.2, 0) is 27.2 Å². The summed E-state index contributed by atoms with van der Waals surface area (Å²) in [4.78, 5) is 41.9. The molecule has 8 nitrogen and oxygen atoms in total. The lowest BCUT2D eigenvalue weighted by atomic mass is 10.2. The number of ether oxygens (including phenoxy) is 1. The Morgan fingerprint density at radius 2 is 1.89 bits per heavy atom. The molecule has 0 saturated heterocycles. The van der Waals surface area contributed by atoms with Crippen LogP contribution in [-0.4, -0.2) is 36.4 Å². The van der Waals surface area contributed by atoms with E-state index in [2.05, 4.69) is 15.6 Å². The number of benzene rings is 1. The average Bonchev–Trinajstić information content (AvgIpc) is 3.13. The largest absolute Gasteiger partial charge is 0.482 e. The number of aromatic nitrogens is 1. The Bertz CT molecular complexity index is 957. The van der Waals surface area contributed by atoms with Crippen LogP contribution in [0, 0.1) is 0 Å². The van der Waals surface area contributed by atoms with E-state index in [0.29, 0.717) is 22.8 Å². The van der Waals surface area contributed by atoms with Gasteiger partial charge in [0, 0.05) is 18.4 Å². The predicted molar refractivity (Wildman–Crippen MR) is 98.9 cm³/mol. The lowest BCUT2D eigenvalue weighted by Gasteiger charge is -2.26. The molecule has 1 aliphatic carbocycles. The van der Waals surface area contributed by atoms with Crippen molar-refractivity contribution >= 4 is 34.8 Å². The Balaban J connectivity index is 1.44. The van der Waals surface area contributed by atoms with Crippen molar-refractivity contribution in [2.24, 2.45) is 0 Å². The van der Waals surface area contributed by atoms with Crippen LogP contribution in [0.4, 0.5) is 17.1 Å². The van der Waals surface area contributed by atoms with Gasteiger partial charge in [-0.1, -0.05) is 0 Å². The molecule has 0 spiro atoms. The molecule has 138 valence electrons. The van der Waals surface area contributed by atoms with E-state index in [-0.39, 0.29) is 12.5 Å². The van der Waals surface area contributed by atoms with Crippen molar-refractivity contribution in [1.29, 1.82) is 0 Å². The van der Waals surface area contributed by atoms with E-state index in [1.807, 2.05) is 6.07 Å². The van der Waals surface area contributed by atoms with Gasteiger partial charge < -0.3 is 20.3 Å². The normalized spacial score (nSPS) is 14.9. The third-order valence-electron chi connectivity index (χ3n) is 4.69. The van der Waals surface area contributed by atoms with Crippen molar-refractivity contribution in [3.8, 4) is 5.75 Å². The minimum atomic E-state index is -0.804. The molecule has 0 unspecified atom stereocenters. The van der Waals surface area contributed by atoms with Gasteiger partial charge in [-0.05, 0) is 49.1 Å². The van der Waals surface area contributed by atoms with Gasteiger partial charge in [-0.25, -0.2) is 0 Å². The maximum Gasteiger partial charge on any atom is 0.314 e. The molecule has 0 fully saturated rings. The zero-order chi connectivity index (χ0) is 19.0. The zero-order valence-electron chi connectivity index (χ0n) is 14.7. The Morgan fingerprint density at radius 3 is 2.70 bits per heavy atom. The summed E-state index contributed by atoms with van der Waals surface area (Å²) in [5.41, 5.74) is 3.58. The van der Waals surface area contributed by atoms with Gasteiger partial charge in [0.2, 0.25) is 0 Å². The molecule has 2 heterocycles. The zero-order valence-corrected chi connectivity index (χ0v) is 14.7. The minimum absolute atomic E-state index is 0.0214. The van der Waals surface area contributed by atoms with E-state index >= 15 is 0 Å². The molecule has 0 atom stereocenters. The number of nitrogens with zero attached hydrogens (tertiary/aromatic N) is 2. The molecule has 2 aliphatic rings. The number of nitrogens with one attached hydrogen (secondary N) is 2. The summed E-state index contributed by atoms with van der Waals surface area (Å²) >= 11 is 0. The second-order valence-corrected chi connectivity index (χ2v) is 6.52. The van der Waals surface area contributed by atoms with E-state index < -0.39 is 11.8 Å². The van der Waals surface area contributed by atoms with Gasteiger partial charge in [0.15, 0.2) is 6.61 Å². The molecule has 27 heavy (non-hydrogen) atoms. The number of pyridine rings is 1. The van der Waals surface area contributed by atoms with Gasteiger partial charge in [-0.2, -0.15) is 0 Å². The number of amides is 3. The molecular weight excluding hydrogens is 348 g/mol. The number of anilines is 3. The van der Waals surface area contributed by atoms with Crippen LogP contribution < -0.4 is 20.3 Å². The maximum atomic E-state index is 12.2. The first kappa shape index (κ1) is 17.0. The van der Waals surface area contributed by atoms with E-state index in [1.165, 1.54) is 4.90 Å². The molecule has 8 heteroatoms. The second kappa shape index (κ2) is 6.71. The van der Waals surface area contributed by atoms with Crippen LogP contribution in [0.5, 0.6) is 5.75 Å². The molecule has 3 amide bonds. The second-order valence-electron chi connectivity index (χ2n) is 6.52. The molecule has 4 rings (SSSR count). The number of carbonyl (C=O) groups excluding carboxylic acids is 3. The third-order valence-corrected chi connectivity index (χ3v) is 4.69. The molecule has 0 radical (unpaired) electrons. The maximum absolute atomic E-state index is 12.2. The summed E-state index contributed by atoms with van der Waals surface area (Å²) in [5.74, 6) is -1.23. The van der Waals surface area contributed by atoms with Gasteiger partial charge in [-0.3, -0.25) is 19.4 Å². The van der Waals surface area contributed by atoms with E-state index in [9.17, 15) is 14.4 Å². The lowest BCUT2D eigenvalue weighted by Crippen LogP contribution is -2.35.